The van der Waals surface area contributed by atoms with Crippen molar-refractivity contribution in [1.29, 1.82) is 0 Å². The Labute approximate surface area is 265 Å². The molecule has 3 fully saturated rings. The van der Waals surface area contributed by atoms with Crippen molar-refractivity contribution in [1.82, 2.24) is 15.1 Å². The summed E-state index contributed by atoms with van der Waals surface area (Å²) in [6, 6.07) is 11.7. The Morgan fingerprint density at radius 2 is 1.68 bits per heavy atom. The van der Waals surface area contributed by atoms with Gasteiger partial charge < -0.3 is 29.9 Å². The van der Waals surface area contributed by atoms with E-state index in [2.05, 4.69) is 17.1 Å². The Morgan fingerprint density at radius 3 is 2.30 bits per heavy atom. The number of aliphatic hydroxyl groups is 1. The van der Waals surface area contributed by atoms with Crippen molar-refractivity contribution in [3.05, 3.63) is 53.6 Å². The molecule has 1 aliphatic carbocycles. The van der Waals surface area contributed by atoms with E-state index in [1.165, 1.54) is 13.2 Å². The molecule has 2 aromatic carbocycles. The minimum atomic E-state index is -1.07. The number of likely N-dealkylation sites (tertiary alicyclic amines) is 1. The zero-order valence-corrected chi connectivity index (χ0v) is 26.4. The number of piperazine rings is 1. The quantitative estimate of drug-likeness (QED) is 0.324. The molecule has 5 rings (SSSR count). The van der Waals surface area contributed by atoms with Crippen LogP contribution in [0, 0.1) is 0 Å². The van der Waals surface area contributed by atoms with Crippen LogP contribution in [0.1, 0.15) is 80.6 Å². The van der Waals surface area contributed by atoms with E-state index in [0.29, 0.717) is 69.8 Å². The average molecular weight is 630 g/mol. The lowest BCUT2D eigenvalue weighted by Crippen LogP contribution is -2.73. The first-order chi connectivity index (χ1) is 20.7. The lowest BCUT2D eigenvalue weighted by atomic mass is 9.80. The molecular weight excluding hydrogens is 586 g/mol. The molecule has 3 aliphatic rings. The number of hydrogen-bond donors (Lipinski definition) is 3. The molecule has 1 saturated carbocycles. The van der Waals surface area contributed by atoms with E-state index >= 15 is 0 Å². The zero-order valence-electron chi connectivity index (χ0n) is 25.5. The second kappa shape index (κ2) is 14.2. The number of aromatic carboxylic acids is 1. The number of halogens is 1. The maximum atomic E-state index is 13.7. The van der Waals surface area contributed by atoms with Crippen molar-refractivity contribution in [2.45, 2.75) is 88.4 Å². The molecule has 0 aromatic heterocycles. The first-order valence-corrected chi connectivity index (χ1v) is 15.4. The van der Waals surface area contributed by atoms with Crippen molar-refractivity contribution in [3.63, 3.8) is 0 Å². The van der Waals surface area contributed by atoms with Gasteiger partial charge in [-0.25, -0.2) is 4.79 Å². The van der Waals surface area contributed by atoms with Gasteiger partial charge in [0.25, 0.3) is 0 Å². The molecule has 10 nitrogen and oxygen atoms in total. The number of piperidine rings is 1. The van der Waals surface area contributed by atoms with Gasteiger partial charge in [-0.3, -0.25) is 14.5 Å². The maximum Gasteiger partial charge on any atom is 0.339 e. The third-order valence-electron chi connectivity index (χ3n) is 9.31. The van der Waals surface area contributed by atoms with Gasteiger partial charge in [-0.15, -0.1) is 12.4 Å². The van der Waals surface area contributed by atoms with Crippen molar-refractivity contribution >= 4 is 30.2 Å². The normalized spacial score (nSPS) is 21.1. The van der Waals surface area contributed by atoms with E-state index in [9.17, 15) is 24.6 Å². The van der Waals surface area contributed by atoms with Gasteiger partial charge in [-0.2, -0.15) is 0 Å². The number of benzene rings is 2. The summed E-state index contributed by atoms with van der Waals surface area (Å²) in [7, 11) is 1.42. The molecule has 1 spiro atoms. The predicted octanol–water partition coefficient (Wildman–Crippen LogP) is 4.76. The molecular formula is C33H44ClN3O7. The number of hydrogen-bond acceptors (Lipinski definition) is 7. The molecule has 0 unspecified atom stereocenters. The molecule has 2 heterocycles. The molecule has 240 valence electrons. The third-order valence-corrected chi connectivity index (χ3v) is 9.31. The van der Waals surface area contributed by atoms with Gasteiger partial charge in [0, 0.05) is 38.7 Å². The van der Waals surface area contributed by atoms with E-state index in [1.807, 2.05) is 29.2 Å². The van der Waals surface area contributed by atoms with E-state index in [-0.39, 0.29) is 35.5 Å². The summed E-state index contributed by atoms with van der Waals surface area (Å²) >= 11 is 0. The highest BCUT2D eigenvalue weighted by Crippen LogP contribution is 2.38. The monoisotopic (exact) mass is 629 g/mol. The molecule has 0 radical (unpaired) electrons. The van der Waals surface area contributed by atoms with Crippen molar-refractivity contribution in [3.8, 4) is 17.2 Å². The van der Waals surface area contributed by atoms with Gasteiger partial charge in [0.1, 0.15) is 34.4 Å². The Morgan fingerprint density at radius 1 is 1.02 bits per heavy atom. The molecule has 3 N–H and O–H groups in total. The second-order valence-corrected chi connectivity index (χ2v) is 12.2. The molecule has 2 aliphatic heterocycles. The van der Waals surface area contributed by atoms with Crippen molar-refractivity contribution in [2.75, 3.05) is 26.7 Å². The summed E-state index contributed by atoms with van der Waals surface area (Å²) in [6.07, 6.45) is 6.49. The predicted molar refractivity (Wildman–Crippen MR) is 168 cm³/mol. The van der Waals surface area contributed by atoms with Crippen LogP contribution in [0.3, 0.4) is 0 Å². The first kappa shape index (κ1) is 33.6. The summed E-state index contributed by atoms with van der Waals surface area (Å²) in [5, 5.41) is 23.3. The van der Waals surface area contributed by atoms with Gasteiger partial charge >= 0.3 is 5.97 Å². The smallest absolute Gasteiger partial charge is 0.339 e. The molecule has 0 bridgehead atoms. The fourth-order valence-electron chi connectivity index (χ4n) is 6.82. The van der Waals surface area contributed by atoms with Crippen LogP contribution in [0.15, 0.2) is 42.5 Å². The molecule has 2 aromatic rings. The van der Waals surface area contributed by atoms with Crippen molar-refractivity contribution < 1.29 is 34.1 Å². The highest BCUT2D eigenvalue weighted by atomic mass is 35.5. The molecule has 2 amide bonds. The van der Waals surface area contributed by atoms with E-state index in [0.717, 1.165) is 31.2 Å². The Bertz CT molecular complexity index is 1320. The first-order valence-electron chi connectivity index (χ1n) is 15.4. The summed E-state index contributed by atoms with van der Waals surface area (Å²) in [5.41, 5.74) is -0.540. The summed E-state index contributed by atoms with van der Waals surface area (Å²) in [6.45, 7) is 4.73. The number of nitrogens with zero attached hydrogens (tertiary/aromatic N) is 2. The largest absolute Gasteiger partial charge is 0.496 e. The van der Waals surface area contributed by atoms with Crippen LogP contribution in [0.4, 0.5) is 0 Å². The van der Waals surface area contributed by atoms with Gasteiger partial charge in [0.05, 0.1) is 12.7 Å². The van der Waals surface area contributed by atoms with Crippen LogP contribution in [0.2, 0.25) is 0 Å². The summed E-state index contributed by atoms with van der Waals surface area (Å²) < 4.78 is 11.1. The van der Waals surface area contributed by atoms with Gasteiger partial charge in [-0.1, -0.05) is 38.3 Å². The van der Waals surface area contributed by atoms with E-state index in [1.54, 1.807) is 12.1 Å². The van der Waals surface area contributed by atoms with Gasteiger partial charge in [0.2, 0.25) is 11.8 Å². The van der Waals surface area contributed by atoms with Gasteiger partial charge in [-0.05, 0) is 61.9 Å². The summed E-state index contributed by atoms with van der Waals surface area (Å²) in [5.74, 6) is 0.129. The summed E-state index contributed by atoms with van der Waals surface area (Å²) in [4.78, 5) is 42.9. The number of ether oxygens (including phenoxy) is 2. The van der Waals surface area contributed by atoms with E-state index < -0.39 is 23.2 Å². The van der Waals surface area contributed by atoms with Crippen LogP contribution < -0.4 is 14.8 Å². The van der Waals surface area contributed by atoms with Crippen molar-refractivity contribution in [2.24, 2.45) is 0 Å². The number of carbonyl (C=O) groups is 3. The Hall–Kier alpha value is -3.34. The number of nitrogens with one attached hydrogen (secondary N) is 1. The van der Waals surface area contributed by atoms with E-state index in [4.69, 9.17) is 9.47 Å². The van der Waals surface area contributed by atoms with Gasteiger partial charge in [0.15, 0.2) is 0 Å². The van der Waals surface area contributed by atoms with Crippen LogP contribution in [0.25, 0.3) is 0 Å². The van der Waals surface area contributed by atoms with Crippen LogP contribution in [-0.4, -0.2) is 81.7 Å². The number of carboxylic acids is 1. The second-order valence-electron chi connectivity index (χ2n) is 12.2. The lowest BCUT2D eigenvalue weighted by Gasteiger charge is -2.52. The number of unbranched alkanes of at least 4 members (excludes halogenated alkanes) is 1. The molecule has 2 saturated heterocycles. The zero-order chi connectivity index (χ0) is 30.6. The number of rotatable bonds is 11. The molecule has 44 heavy (non-hydrogen) atoms. The molecule has 11 heteroatoms. The van der Waals surface area contributed by atoms with Crippen LogP contribution >= 0.6 is 12.4 Å². The lowest BCUT2D eigenvalue weighted by molar-refractivity contribution is -0.163. The Kier molecular flexibility index (Phi) is 10.8. The number of carboxylic acid groups (broad SMARTS) is 1. The SMILES string of the molecule is CCCCN1C(=O)[C@@H](CC2(O)CCCC2)NC(=O)C12CCN(Cc1ccc(Oc3ccc(C(=O)O)c(OC)c3)cc1)CC2.Cl. The minimum absolute atomic E-state index is 0. The number of methoxy groups -OCH3 is 1. The standard InChI is InChI=1S/C33H43N3O7.ClH/c1-3-4-17-36-29(37)27(21-32(41)13-5-6-14-32)34-31(40)33(36)15-18-35(19-16-33)22-23-7-9-24(10-8-23)43-25-11-12-26(30(38)39)28(20-25)42-2;/h7-12,20,27,41H,3-6,13-19,21-22H2,1-2H3,(H,34,40)(H,38,39);1H/t27-;/m1./s1. The fraction of sp³-hybridized carbons (Fsp3) is 0.545. The molecule has 1 atom stereocenters. The highest BCUT2D eigenvalue weighted by molar-refractivity contribution is 6.00. The fourth-order valence-corrected chi connectivity index (χ4v) is 6.82. The van der Waals surface area contributed by atoms with Crippen LogP contribution in [-0.2, 0) is 16.1 Å². The third kappa shape index (κ3) is 7.14. The maximum absolute atomic E-state index is 13.7. The highest BCUT2D eigenvalue weighted by Gasteiger charge is 2.54. The minimum Gasteiger partial charge on any atom is -0.496 e. The number of amides is 2. The van der Waals surface area contributed by atoms with Crippen LogP contribution in [0.5, 0.6) is 17.2 Å². The Balaban J connectivity index is 0.00000442. The topological polar surface area (TPSA) is 129 Å². The number of carbonyl (C=O) groups excluding carboxylic acids is 2. The average Bonchev–Trinajstić information content (AvgIpc) is 3.43.